The molecule has 1 amide bonds. The molecule has 0 radical (unpaired) electrons. The van der Waals surface area contributed by atoms with E-state index in [1.807, 2.05) is 36.9 Å². The molecule has 4 rings (SSSR count). The van der Waals surface area contributed by atoms with Crippen LogP contribution in [0.3, 0.4) is 0 Å². The first kappa shape index (κ1) is 24.9. The van der Waals surface area contributed by atoms with Gasteiger partial charge in [0.25, 0.3) is 0 Å². The Balaban J connectivity index is 1.42. The van der Waals surface area contributed by atoms with Gasteiger partial charge in [-0.25, -0.2) is 4.79 Å². The second-order valence-corrected chi connectivity index (χ2v) is 9.89. The average molecular weight is 475 g/mol. The topological polar surface area (TPSA) is 86.5 Å². The van der Waals surface area contributed by atoms with Crippen molar-refractivity contribution in [1.29, 1.82) is 5.26 Å². The van der Waals surface area contributed by atoms with Crippen molar-refractivity contribution in [1.82, 2.24) is 14.8 Å². The molecule has 1 aliphatic heterocycles. The highest BCUT2D eigenvalue weighted by molar-refractivity contribution is 5.97. The molecule has 2 fully saturated rings. The lowest BCUT2D eigenvalue weighted by Gasteiger charge is -2.39. The number of ether oxygens (including phenoxy) is 1. The number of nitriles is 1. The molecule has 1 aromatic heterocycles. The summed E-state index contributed by atoms with van der Waals surface area (Å²) < 4.78 is 5.72. The van der Waals surface area contributed by atoms with E-state index in [4.69, 9.17) is 4.74 Å². The smallest absolute Gasteiger partial charge is 0.410 e. The first-order valence-corrected chi connectivity index (χ1v) is 12.5. The molecular formula is C28H34N4O3. The lowest BCUT2D eigenvalue weighted by atomic mass is 9.93. The molecule has 1 atom stereocenters. The van der Waals surface area contributed by atoms with Crippen molar-refractivity contribution in [2.24, 2.45) is 0 Å². The molecule has 7 nitrogen and oxygen atoms in total. The number of aryl methyl sites for hydroxylation is 1. The van der Waals surface area contributed by atoms with E-state index < -0.39 is 0 Å². The molecule has 2 aliphatic rings. The monoisotopic (exact) mass is 474 g/mol. The molecule has 0 unspecified atom stereocenters. The second-order valence-electron chi connectivity index (χ2n) is 9.89. The maximum absolute atomic E-state index is 12.9. The van der Waals surface area contributed by atoms with Crippen molar-refractivity contribution in [2.75, 3.05) is 19.6 Å². The maximum atomic E-state index is 12.9. The van der Waals surface area contributed by atoms with Crippen LogP contribution in [0.15, 0.2) is 30.5 Å². The number of piperazine rings is 1. The van der Waals surface area contributed by atoms with Gasteiger partial charge in [0, 0.05) is 56.1 Å². The molecule has 0 N–H and O–H groups in total. The number of benzene rings is 1. The lowest BCUT2D eigenvalue weighted by molar-refractivity contribution is 0.0281. The summed E-state index contributed by atoms with van der Waals surface area (Å²) in [6, 6.07) is 9.66. The van der Waals surface area contributed by atoms with Crippen molar-refractivity contribution in [3.8, 4) is 6.07 Å². The fraction of sp³-hybridized carbons (Fsp3) is 0.500. The maximum Gasteiger partial charge on any atom is 0.410 e. The lowest BCUT2D eigenvalue weighted by Crippen LogP contribution is -2.54. The van der Waals surface area contributed by atoms with E-state index in [0.29, 0.717) is 24.2 Å². The summed E-state index contributed by atoms with van der Waals surface area (Å²) in [6.07, 6.45) is 5.94. The Morgan fingerprint density at radius 3 is 2.54 bits per heavy atom. The summed E-state index contributed by atoms with van der Waals surface area (Å²) in [5, 5.41) is 9.60. The number of amides is 1. The van der Waals surface area contributed by atoms with E-state index in [1.165, 1.54) is 0 Å². The summed E-state index contributed by atoms with van der Waals surface area (Å²) in [5.74, 6) is -0.00958. The van der Waals surface area contributed by atoms with E-state index in [-0.39, 0.29) is 30.4 Å². The first-order chi connectivity index (χ1) is 16.8. The molecule has 1 aliphatic carbocycles. The van der Waals surface area contributed by atoms with Crippen LogP contribution < -0.4 is 0 Å². The van der Waals surface area contributed by atoms with E-state index in [9.17, 15) is 14.9 Å². The highest BCUT2D eigenvalue weighted by Gasteiger charge is 2.31. The van der Waals surface area contributed by atoms with E-state index in [2.05, 4.69) is 22.9 Å². The summed E-state index contributed by atoms with van der Waals surface area (Å²) >= 11 is 0. The van der Waals surface area contributed by atoms with E-state index in [0.717, 1.165) is 61.2 Å². The van der Waals surface area contributed by atoms with Crippen LogP contribution in [0.25, 0.3) is 0 Å². The average Bonchev–Trinajstić information content (AvgIpc) is 3.35. The molecule has 184 valence electrons. The normalized spacial score (nSPS) is 18.9. The fourth-order valence-corrected chi connectivity index (χ4v) is 5.07. The number of hydrogen-bond acceptors (Lipinski definition) is 6. The van der Waals surface area contributed by atoms with Gasteiger partial charge in [-0.2, -0.15) is 5.26 Å². The molecule has 0 spiro atoms. The van der Waals surface area contributed by atoms with Crippen LogP contribution in [0, 0.1) is 25.2 Å². The number of carbonyl (C=O) groups is 2. The SMILES string of the molecule is Cc1ccc(C(=O)Cc2cc(C#N)cc(CN3CCN(C(=O)OC4CCCC4)[C@@H](C)C3)c2C)cn1. The van der Waals surface area contributed by atoms with Gasteiger partial charge in [-0.15, -0.1) is 0 Å². The van der Waals surface area contributed by atoms with Gasteiger partial charge >= 0.3 is 6.09 Å². The third kappa shape index (κ3) is 6.07. The van der Waals surface area contributed by atoms with Gasteiger partial charge < -0.3 is 9.64 Å². The van der Waals surface area contributed by atoms with Crippen LogP contribution in [0.5, 0.6) is 0 Å². The Labute approximate surface area is 207 Å². The number of carbonyl (C=O) groups excluding carboxylic acids is 2. The number of rotatable bonds is 6. The molecule has 35 heavy (non-hydrogen) atoms. The predicted molar refractivity (Wildman–Crippen MR) is 133 cm³/mol. The number of pyridine rings is 1. The van der Waals surface area contributed by atoms with Crippen LogP contribution in [0.2, 0.25) is 0 Å². The molecule has 1 saturated carbocycles. The van der Waals surface area contributed by atoms with Crippen molar-refractivity contribution in [3.05, 3.63) is 64.0 Å². The number of hydrogen-bond donors (Lipinski definition) is 0. The largest absolute Gasteiger partial charge is 0.446 e. The van der Waals surface area contributed by atoms with Gasteiger partial charge in [-0.3, -0.25) is 14.7 Å². The van der Waals surface area contributed by atoms with Crippen molar-refractivity contribution < 1.29 is 14.3 Å². The number of aromatic nitrogens is 1. The summed E-state index contributed by atoms with van der Waals surface area (Å²) in [7, 11) is 0. The van der Waals surface area contributed by atoms with Gasteiger partial charge in [0.2, 0.25) is 0 Å². The Morgan fingerprint density at radius 2 is 1.89 bits per heavy atom. The zero-order chi connectivity index (χ0) is 24.9. The molecule has 1 aromatic carbocycles. The predicted octanol–water partition coefficient (Wildman–Crippen LogP) is 4.58. The molecule has 1 saturated heterocycles. The Morgan fingerprint density at radius 1 is 1.14 bits per heavy atom. The summed E-state index contributed by atoms with van der Waals surface area (Å²) in [6.45, 7) is 8.73. The second kappa shape index (κ2) is 11.0. The molecular weight excluding hydrogens is 440 g/mol. The quantitative estimate of drug-likeness (QED) is 0.570. The van der Waals surface area contributed by atoms with Gasteiger partial charge in [0.05, 0.1) is 11.6 Å². The van der Waals surface area contributed by atoms with Crippen LogP contribution in [0.4, 0.5) is 4.79 Å². The molecule has 2 heterocycles. The van der Waals surface area contributed by atoms with Crippen molar-refractivity contribution in [2.45, 2.75) is 71.6 Å². The van der Waals surface area contributed by atoms with Crippen LogP contribution in [0.1, 0.15) is 70.9 Å². The highest BCUT2D eigenvalue weighted by Crippen LogP contribution is 2.24. The van der Waals surface area contributed by atoms with Gasteiger partial charge in [0.1, 0.15) is 6.10 Å². The van der Waals surface area contributed by atoms with E-state index >= 15 is 0 Å². The van der Waals surface area contributed by atoms with Crippen LogP contribution in [-0.2, 0) is 17.7 Å². The van der Waals surface area contributed by atoms with Crippen LogP contribution in [-0.4, -0.2) is 58.4 Å². The minimum absolute atomic E-state index is 0.00958. The van der Waals surface area contributed by atoms with Crippen LogP contribution >= 0.6 is 0 Å². The third-order valence-corrected chi connectivity index (χ3v) is 7.25. The molecule has 2 aromatic rings. The Kier molecular flexibility index (Phi) is 7.82. The van der Waals surface area contributed by atoms with Gasteiger partial charge in [0.15, 0.2) is 5.78 Å². The molecule has 7 heteroatoms. The zero-order valence-electron chi connectivity index (χ0n) is 20.9. The molecule has 0 bridgehead atoms. The standard InChI is InChI=1S/C28H34N4O3/c1-19-8-9-23(16-30-19)27(33)14-24-12-22(15-29)13-25(21(24)3)18-31-10-11-32(20(2)17-31)28(34)35-26-6-4-5-7-26/h8-9,12-13,16,20,26H,4-7,10-11,14,17-18H2,1-3H3/t20-/m0/s1. The van der Waals surface area contributed by atoms with Crippen molar-refractivity contribution >= 4 is 11.9 Å². The Hall–Kier alpha value is -3.24. The summed E-state index contributed by atoms with van der Waals surface area (Å²) in [5.41, 5.74) is 4.95. The fourth-order valence-electron chi connectivity index (χ4n) is 5.07. The number of nitrogens with zero attached hydrogens (tertiary/aromatic N) is 4. The number of ketones is 1. The number of Topliss-reactive ketones (excluding diaryl/α,β-unsaturated/α-hetero) is 1. The van der Waals surface area contributed by atoms with Crippen molar-refractivity contribution in [3.63, 3.8) is 0 Å². The van der Waals surface area contributed by atoms with Gasteiger partial charge in [-0.05, 0) is 87.4 Å². The van der Waals surface area contributed by atoms with E-state index in [1.54, 1.807) is 12.3 Å². The minimum atomic E-state index is -0.196. The highest BCUT2D eigenvalue weighted by atomic mass is 16.6. The first-order valence-electron chi connectivity index (χ1n) is 12.5. The minimum Gasteiger partial charge on any atom is -0.446 e. The summed E-state index contributed by atoms with van der Waals surface area (Å²) in [4.78, 5) is 33.9. The van der Waals surface area contributed by atoms with Gasteiger partial charge in [-0.1, -0.05) is 0 Å². The third-order valence-electron chi connectivity index (χ3n) is 7.25. The zero-order valence-corrected chi connectivity index (χ0v) is 20.9. The Bertz CT molecular complexity index is 1120.